The number of carbonyl (C=O) groups excluding carboxylic acids is 1. The number of benzene rings is 1. The summed E-state index contributed by atoms with van der Waals surface area (Å²) in [5.41, 5.74) is 1.59. The fourth-order valence-corrected chi connectivity index (χ4v) is 2.03. The summed E-state index contributed by atoms with van der Waals surface area (Å²) >= 11 is 6.00. The molecule has 1 aromatic carbocycles. The Bertz CT molecular complexity index is 373. The number of halogens is 1. The molecule has 1 heterocycles. The van der Waals surface area contributed by atoms with E-state index in [1.165, 1.54) is 0 Å². The second kappa shape index (κ2) is 5.32. The molecule has 86 valence electrons. The molecule has 0 spiro atoms. The zero-order valence-electron chi connectivity index (χ0n) is 8.99. The maximum absolute atomic E-state index is 10.7. The Morgan fingerprint density at radius 2 is 2.19 bits per heavy atom. The van der Waals surface area contributed by atoms with Gasteiger partial charge in [0.2, 0.25) is 0 Å². The zero-order valence-corrected chi connectivity index (χ0v) is 9.74. The smallest absolute Gasteiger partial charge is 0.151 e. The molecule has 2 rings (SSSR count). The summed E-state index contributed by atoms with van der Waals surface area (Å²) < 4.78 is 5.39. The Hall–Kier alpha value is -1.06. The zero-order chi connectivity index (χ0) is 11.4. The third-order valence-corrected chi connectivity index (χ3v) is 3.03. The molecule has 0 saturated carbocycles. The van der Waals surface area contributed by atoms with Crippen molar-refractivity contribution in [3.8, 4) is 0 Å². The Balaban J connectivity index is 2.19. The summed E-state index contributed by atoms with van der Waals surface area (Å²) in [6.45, 7) is 3.40. The Morgan fingerprint density at radius 1 is 1.31 bits per heavy atom. The fourth-order valence-electron chi connectivity index (χ4n) is 1.81. The van der Waals surface area contributed by atoms with Crippen LogP contribution in [0.1, 0.15) is 16.8 Å². The molecule has 16 heavy (non-hydrogen) atoms. The van der Waals surface area contributed by atoms with Gasteiger partial charge in [-0.2, -0.15) is 0 Å². The van der Waals surface area contributed by atoms with Gasteiger partial charge in [0.25, 0.3) is 0 Å². The van der Waals surface area contributed by atoms with Crippen molar-refractivity contribution in [2.24, 2.45) is 0 Å². The van der Waals surface area contributed by atoms with Gasteiger partial charge in [-0.05, 0) is 24.6 Å². The van der Waals surface area contributed by atoms with Gasteiger partial charge in [0, 0.05) is 30.9 Å². The van der Waals surface area contributed by atoms with Crippen LogP contribution in [0.25, 0.3) is 0 Å². The number of ether oxygens (including phenoxy) is 1. The molecular weight excluding hydrogens is 226 g/mol. The van der Waals surface area contributed by atoms with Crippen LogP contribution in [0.15, 0.2) is 18.2 Å². The predicted octanol–water partition coefficient (Wildman–Crippen LogP) is 2.38. The van der Waals surface area contributed by atoms with E-state index in [-0.39, 0.29) is 0 Å². The molecule has 0 atom stereocenters. The molecule has 1 aromatic rings. The molecule has 0 N–H and O–H groups in total. The van der Waals surface area contributed by atoms with Crippen LogP contribution < -0.4 is 4.90 Å². The minimum atomic E-state index is 0.512. The van der Waals surface area contributed by atoms with Gasteiger partial charge in [-0.1, -0.05) is 11.6 Å². The van der Waals surface area contributed by atoms with Gasteiger partial charge in [-0.3, -0.25) is 4.79 Å². The molecule has 0 aromatic heterocycles. The highest BCUT2D eigenvalue weighted by Crippen LogP contribution is 2.23. The van der Waals surface area contributed by atoms with Gasteiger partial charge in [-0.15, -0.1) is 0 Å². The quantitative estimate of drug-likeness (QED) is 0.743. The van der Waals surface area contributed by atoms with Crippen LogP contribution >= 0.6 is 11.6 Å². The molecule has 0 amide bonds. The van der Waals surface area contributed by atoms with E-state index >= 15 is 0 Å². The molecule has 0 bridgehead atoms. The minimum absolute atomic E-state index is 0.512. The largest absolute Gasteiger partial charge is 0.380 e. The van der Waals surface area contributed by atoms with Crippen molar-refractivity contribution in [1.82, 2.24) is 0 Å². The van der Waals surface area contributed by atoms with Crippen molar-refractivity contribution < 1.29 is 9.53 Å². The lowest BCUT2D eigenvalue weighted by Gasteiger charge is -2.22. The van der Waals surface area contributed by atoms with E-state index in [1.807, 2.05) is 12.1 Å². The third-order valence-electron chi connectivity index (χ3n) is 2.70. The molecule has 4 heteroatoms. The normalized spacial score (nSPS) is 16.9. The summed E-state index contributed by atoms with van der Waals surface area (Å²) in [6, 6.07) is 5.54. The average molecular weight is 240 g/mol. The molecule has 1 fully saturated rings. The van der Waals surface area contributed by atoms with Crippen molar-refractivity contribution in [2.45, 2.75) is 6.42 Å². The highest BCUT2D eigenvalue weighted by Gasteiger charge is 2.11. The molecule has 1 aliphatic heterocycles. The van der Waals surface area contributed by atoms with E-state index in [9.17, 15) is 4.79 Å². The first-order valence-corrected chi connectivity index (χ1v) is 5.76. The van der Waals surface area contributed by atoms with E-state index in [0.29, 0.717) is 10.6 Å². The van der Waals surface area contributed by atoms with Crippen LogP contribution in [0.3, 0.4) is 0 Å². The lowest BCUT2D eigenvalue weighted by Crippen LogP contribution is -2.25. The maximum atomic E-state index is 10.7. The van der Waals surface area contributed by atoms with Gasteiger partial charge in [-0.25, -0.2) is 0 Å². The predicted molar refractivity (Wildman–Crippen MR) is 64.5 cm³/mol. The number of anilines is 1. The van der Waals surface area contributed by atoms with Gasteiger partial charge < -0.3 is 9.64 Å². The molecule has 0 unspecified atom stereocenters. The van der Waals surface area contributed by atoms with Crippen molar-refractivity contribution >= 4 is 23.6 Å². The number of carbonyl (C=O) groups is 1. The van der Waals surface area contributed by atoms with Gasteiger partial charge in [0.15, 0.2) is 6.29 Å². The maximum Gasteiger partial charge on any atom is 0.151 e. The lowest BCUT2D eigenvalue weighted by molar-refractivity contribution is 0.112. The molecule has 1 aliphatic rings. The van der Waals surface area contributed by atoms with E-state index < -0.39 is 0 Å². The van der Waals surface area contributed by atoms with Crippen molar-refractivity contribution in [3.05, 3.63) is 28.8 Å². The number of hydrogen-bond donors (Lipinski definition) is 0. The van der Waals surface area contributed by atoms with Crippen LogP contribution in [0.2, 0.25) is 5.02 Å². The van der Waals surface area contributed by atoms with E-state index in [0.717, 1.165) is 44.7 Å². The highest BCUT2D eigenvalue weighted by molar-refractivity contribution is 6.33. The summed E-state index contributed by atoms with van der Waals surface area (Å²) in [5.74, 6) is 0. The van der Waals surface area contributed by atoms with E-state index in [2.05, 4.69) is 4.90 Å². The number of rotatable bonds is 2. The summed E-state index contributed by atoms with van der Waals surface area (Å²) in [5, 5.41) is 0.512. The molecule has 1 saturated heterocycles. The number of aldehydes is 1. The van der Waals surface area contributed by atoms with Gasteiger partial charge in [0.05, 0.1) is 11.6 Å². The minimum Gasteiger partial charge on any atom is -0.380 e. The van der Waals surface area contributed by atoms with E-state index in [1.54, 1.807) is 6.07 Å². The lowest BCUT2D eigenvalue weighted by atomic mass is 10.2. The van der Waals surface area contributed by atoms with Gasteiger partial charge in [0.1, 0.15) is 0 Å². The Morgan fingerprint density at radius 3 is 2.94 bits per heavy atom. The van der Waals surface area contributed by atoms with Crippen LogP contribution in [-0.4, -0.2) is 32.6 Å². The first kappa shape index (κ1) is 11.4. The van der Waals surface area contributed by atoms with Crippen molar-refractivity contribution in [1.29, 1.82) is 0 Å². The second-order valence-electron chi connectivity index (χ2n) is 3.78. The third kappa shape index (κ3) is 2.54. The Kier molecular flexibility index (Phi) is 3.80. The van der Waals surface area contributed by atoms with Crippen molar-refractivity contribution in [2.75, 3.05) is 31.2 Å². The summed E-state index contributed by atoms with van der Waals surface area (Å²) in [4.78, 5) is 12.9. The SMILES string of the molecule is O=Cc1ccc(N2CCCOCC2)cc1Cl. The average Bonchev–Trinajstić information content (AvgIpc) is 2.57. The first-order valence-electron chi connectivity index (χ1n) is 5.38. The topological polar surface area (TPSA) is 29.5 Å². The molecule has 3 nitrogen and oxygen atoms in total. The number of nitrogens with zero attached hydrogens (tertiary/aromatic N) is 1. The first-order chi connectivity index (χ1) is 7.81. The highest BCUT2D eigenvalue weighted by atomic mass is 35.5. The summed E-state index contributed by atoms with van der Waals surface area (Å²) in [6.07, 6.45) is 1.80. The second-order valence-corrected chi connectivity index (χ2v) is 4.18. The standard InChI is InChI=1S/C12H14ClNO2/c13-12-8-11(3-2-10(12)9-15)14-4-1-6-16-7-5-14/h2-3,8-9H,1,4-7H2. The van der Waals surface area contributed by atoms with Crippen LogP contribution in [0.4, 0.5) is 5.69 Å². The van der Waals surface area contributed by atoms with Crippen LogP contribution in [-0.2, 0) is 4.74 Å². The number of hydrogen-bond acceptors (Lipinski definition) is 3. The van der Waals surface area contributed by atoms with Crippen LogP contribution in [0.5, 0.6) is 0 Å². The fraction of sp³-hybridized carbons (Fsp3) is 0.417. The molecular formula is C12H14ClNO2. The van der Waals surface area contributed by atoms with Crippen molar-refractivity contribution in [3.63, 3.8) is 0 Å². The molecule has 0 radical (unpaired) electrons. The summed E-state index contributed by atoms with van der Waals surface area (Å²) in [7, 11) is 0. The van der Waals surface area contributed by atoms with E-state index in [4.69, 9.17) is 16.3 Å². The van der Waals surface area contributed by atoms with Gasteiger partial charge >= 0.3 is 0 Å². The monoisotopic (exact) mass is 239 g/mol. The molecule has 0 aliphatic carbocycles. The Labute approximate surface area is 100.0 Å². The van der Waals surface area contributed by atoms with Crippen LogP contribution in [0, 0.1) is 0 Å².